The Morgan fingerprint density at radius 2 is 2.14 bits per heavy atom. The molecular weight excluding hydrogens is 412 g/mol. The van der Waals surface area contributed by atoms with E-state index in [9.17, 15) is 13.2 Å². The molecule has 0 spiro atoms. The predicted molar refractivity (Wildman–Crippen MR) is 110 cm³/mol. The SMILES string of the molecule is CCOc1ccc2nc(S(=O)(=O)NC(=O)C3CCc4c(OC)cccc43)sc2c1. The number of ether oxygens (including phenoxy) is 2. The summed E-state index contributed by atoms with van der Waals surface area (Å²) in [7, 11) is -2.49. The van der Waals surface area contributed by atoms with E-state index in [1.165, 1.54) is 0 Å². The van der Waals surface area contributed by atoms with Crippen LogP contribution in [0.5, 0.6) is 11.5 Å². The summed E-state index contributed by atoms with van der Waals surface area (Å²) in [5.74, 6) is 0.283. The van der Waals surface area contributed by atoms with Crippen LogP contribution in [-0.2, 0) is 21.2 Å². The Morgan fingerprint density at radius 3 is 2.90 bits per heavy atom. The van der Waals surface area contributed by atoms with Crippen LogP contribution in [0.4, 0.5) is 0 Å². The van der Waals surface area contributed by atoms with Crippen molar-refractivity contribution in [1.82, 2.24) is 9.71 Å². The predicted octanol–water partition coefficient (Wildman–Crippen LogP) is 3.24. The number of hydrogen-bond acceptors (Lipinski definition) is 7. The monoisotopic (exact) mass is 432 g/mol. The number of amides is 1. The minimum absolute atomic E-state index is 0.140. The zero-order valence-electron chi connectivity index (χ0n) is 16.0. The number of carbonyl (C=O) groups excluding carboxylic acids is 1. The van der Waals surface area contributed by atoms with Gasteiger partial charge in [-0.3, -0.25) is 4.79 Å². The number of nitrogens with zero attached hydrogens (tertiary/aromatic N) is 1. The maximum absolute atomic E-state index is 12.8. The average molecular weight is 433 g/mol. The Labute approximate surface area is 172 Å². The normalized spacial score (nSPS) is 15.9. The largest absolute Gasteiger partial charge is 0.496 e. The van der Waals surface area contributed by atoms with Crippen LogP contribution in [0.2, 0.25) is 0 Å². The van der Waals surface area contributed by atoms with Gasteiger partial charge in [0.05, 0.1) is 29.9 Å². The molecule has 2 aromatic carbocycles. The van der Waals surface area contributed by atoms with E-state index in [0.717, 1.165) is 28.2 Å². The van der Waals surface area contributed by atoms with Gasteiger partial charge in [0.25, 0.3) is 10.0 Å². The Hall–Kier alpha value is -2.65. The van der Waals surface area contributed by atoms with E-state index in [-0.39, 0.29) is 4.34 Å². The highest BCUT2D eigenvalue weighted by molar-refractivity contribution is 7.92. The zero-order valence-corrected chi connectivity index (χ0v) is 17.6. The van der Waals surface area contributed by atoms with Crippen molar-refractivity contribution in [1.29, 1.82) is 0 Å². The highest BCUT2D eigenvalue weighted by atomic mass is 32.2. The number of rotatable bonds is 6. The van der Waals surface area contributed by atoms with Gasteiger partial charge in [0.2, 0.25) is 10.2 Å². The second-order valence-electron chi connectivity index (χ2n) is 6.63. The minimum atomic E-state index is -4.07. The third-order valence-electron chi connectivity index (χ3n) is 4.88. The molecule has 0 saturated heterocycles. The maximum Gasteiger partial charge on any atom is 0.291 e. The van der Waals surface area contributed by atoms with Gasteiger partial charge in [-0.15, -0.1) is 11.3 Å². The molecule has 1 aliphatic carbocycles. The van der Waals surface area contributed by atoms with Crippen LogP contribution in [0, 0.1) is 0 Å². The molecule has 0 aliphatic heterocycles. The number of benzene rings is 2. The molecule has 1 aliphatic rings. The van der Waals surface area contributed by atoms with E-state index >= 15 is 0 Å². The lowest BCUT2D eigenvalue weighted by molar-refractivity contribution is -0.120. The van der Waals surface area contributed by atoms with Gasteiger partial charge in [0.15, 0.2) is 0 Å². The topological polar surface area (TPSA) is 94.6 Å². The van der Waals surface area contributed by atoms with Gasteiger partial charge in [-0.2, -0.15) is 8.42 Å². The number of methoxy groups -OCH3 is 1. The van der Waals surface area contributed by atoms with Crippen molar-refractivity contribution in [2.45, 2.75) is 30.0 Å². The first-order valence-corrected chi connectivity index (χ1v) is 11.5. The first-order chi connectivity index (χ1) is 13.9. The molecule has 1 aromatic heterocycles. The average Bonchev–Trinajstić information content (AvgIpc) is 3.32. The van der Waals surface area contributed by atoms with E-state index in [2.05, 4.69) is 9.71 Å². The quantitative estimate of drug-likeness (QED) is 0.643. The molecule has 152 valence electrons. The number of thiazole rings is 1. The third kappa shape index (κ3) is 3.67. The number of fused-ring (bicyclic) bond motifs is 2. The van der Waals surface area contributed by atoms with Gasteiger partial charge in [-0.25, -0.2) is 9.71 Å². The molecule has 0 saturated carbocycles. The second-order valence-corrected chi connectivity index (χ2v) is 9.52. The highest BCUT2D eigenvalue weighted by Crippen LogP contribution is 2.38. The zero-order chi connectivity index (χ0) is 20.6. The van der Waals surface area contributed by atoms with Crippen LogP contribution in [0.25, 0.3) is 10.2 Å². The molecule has 0 radical (unpaired) electrons. The standard InChI is InChI=1S/C20H20N2O5S2/c1-3-27-12-7-10-16-18(11-12)28-20(21-16)29(24,25)22-19(23)15-9-8-14-13(15)5-4-6-17(14)26-2/h4-7,10-11,15H,3,8-9H2,1-2H3,(H,22,23). The Kier molecular flexibility index (Phi) is 5.18. The molecule has 9 heteroatoms. The van der Waals surface area contributed by atoms with Crippen LogP contribution in [0.3, 0.4) is 0 Å². The fraction of sp³-hybridized carbons (Fsp3) is 0.300. The summed E-state index contributed by atoms with van der Waals surface area (Å²) in [5, 5.41) is 0. The van der Waals surface area contributed by atoms with Gasteiger partial charge in [-0.1, -0.05) is 12.1 Å². The Balaban J connectivity index is 1.58. The van der Waals surface area contributed by atoms with Crippen molar-refractivity contribution in [3.8, 4) is 11.5 Å². The van der Waals surface area contributed by atoms with E-state index in [1.807, 2.05) is 19.1 Å². The number of aromatic nitrogens is 1. The van der Waals surface area contributed by atoms with Crippen LogP contribution in [0.15, 0.2) is 40.7 Å². The van der Waals surface area contributed by atoms with Gasteiger partial charge in [-0.05, 0) is 55.2 Å². The number of sulfonamides is 1. The summed E-state index contributed by atoms with van der Waals surface area (Å²) in [6.07, 6.45) is 1.20. The smallest absolute Gasteiger partial charge is 0.291 e. The molecule has 7 nitrogen and oxygen atoms in total. The summed E-state index contributed by atoms with van der Waals surface area (Å²) in [4.78, 5) is 17.0. The summed E-state index contributed by atoms with van der Waals surface area (Å²) in [6.45, 7) is 2.39. The maximum atomic E-state index is 12.8. The Morgan fingerprint density at radius 1 is 1.31 bits per heavy atom. The van der Waals surface area contributed by atoms with Crippen molar-refractivity contribution in [3.63, 3.8) is 0 Å². The lowest BCUT2D eigenvalue weighted by Gasteiger charge is -2.12. The molecule has 1 heterocycles. The van der Waals surface area contributed by atoms with Crippen molar-refractivity contribution in [2.24, 2.45) is 0 Å². The molecule has 29 heavy (non-hydrogen) atoms. The summed E-state index contributed by atoms with van der Waals surface area (Å²) < 4.78 is 39.1. The van der Waals surface area contributed by atoms with Crippen LogP contribution in [-0.4, -0.2) is 33.0 Å². The van der Waals surface area contributed by atoms with Crippen LogP contribution >= 0.6 is 11.3 Å². The molecule has 1 unspecified atom stereocenters. The van der Waals surface area contributed by atoms with Crippen molar-refractivity contribution < 1.29 is 22.7 Å². The van der Waals surface area contributed by atoms with E-state index < -0.39 is 21.8 Å². The summed E-state index contributed by atoms with van der Waals surface area (Å²) in [5.41, 5.74) is 2.31. The molecule has 1 atom stereocenters. The van der Waals surface area contributed by atoms with E-state index in [0.29, 0.717) is 35.4 Å². The Bertz CT molecular complexity index is 1190. The van der Waals surface area contributed by atoms with Crippen molar-refractivity contribution in [3.05, 3.63) is 47.5 Å². The molecule has 1 N–H and O–H groups in total. The number of hydrogen-bond donors (Lipinski definition) is 1. The highest BCUT2D eigenvalue weighted by Gasteiger charge is 2.33. The van der Waals surface area contributed by atoms with Gasteiger partial charge >= 0.3 is 0 Å². The first kappa shape index (κ1) is 19.7. The first-order valence-electron chi connectivity index (χ1n) is 9.18. The molecule has 0 bridgehead atoms. The molecule has 0 fully saturated rings. The minimum Gasteiger partial charge on any atom is -0.496 e. The third-order valence-corrected chi connectivity index (χ3v) is 7.62. The summed E-state index contributed by atoms with van der Waals surface area (Å²) in [6, 6.07) is 10.7. The molecule has 3 aromatic rings. The van der Waals surface area contributed by atoms with Gasteiger partial charge in [0.1, 0.15) is 11.5 Å². The fourth-order valence-corrected chi connectivity index (χ4v) is 5.86. The van der Waals surface area contributed by atoms with Crippen LogP contribution in [0.1, 0.15) is 30.4 Å². The molecular formula is C20H20N2O5S2. The number of carbonyl (C=O) groups is 1. The number of nitrogens with one attached hydrogen (secondary N) is 1. The lowest BCUT2D eigenvalue weighted by Crippen LogP contribution is -2.34. The van der Waals surface area contributed by atoms with Crippen molar-refractivity contribution in [2.75, 3.05) is 13.7 Å². The van der Waals surface area contributed by atoms with Crippen LogP contribution < -0.4 is 14.2 Å². The van der Waals surface area contributed by atoms with E-state index in [4.69, 9.17) is 9.47 Å². The van der Waals surface area contributed by atoms with Gasteiger partial charge < -0.3 is 9.47 Å². The summed E-state index contributed by atoms with van der Waals surface area (Å²) >= 11 is 1.01. The fourth-order valence-electron chi connectivity index (χ4n) is 3.59. The molecule has 1 amide bonds. The molecule has 4 rings (SSSR count). The second kappa shape index (κ2) is 7.64. The lowest BCUT2D eigenvalue weighted by atomic mass is 10.0. The van der Waals surface area contributed by atoms with Gasteiger partial charge in [0, 0.05) is 0 Å². The van der Waals surface area contributed by atoms with E-state index in [1.54, 1.807) is 31.4 Å². The van der Waals surface area contributed by atoms with Crippen molar-refractivity contribution >= 4 is 37.5 Å².